The maximum absolute atomic E-state index is 4.36. The number of rotatable bonds is 4. The van der Waals surface area contributed by atoms with Gasteiger partial charge in [0.15, 0.2) is 0 Å². The Kier molecular flexibility index (Phi) is 3.85. The number of hydrogen-bond donors (Lipinski definition) is 1. The van der Waals surface area contributed by atoms with Crippen LogP contribution in [0.4, 0.5) is 0 Å². The molecule has 0 spiro atoms. The van der Waals surface area contributed by atoms with Gasteiger partial charge in [0.2, 0.25) is 0 Å². The van der Waals surface area contributed by atoms with Gasteiger partial charge in [-0.1, -0.05) is 13.8 Å². The highest BCUT2D eigenvalue weighted by Crippen LogP contribution is 2.14. The van der Waals surface area contributed by atoms with Crippen LogP contribution in [0.15, 0.2) is 12.3 Å². The minimum atomic E-state index is 0.614. The molecule has 74 valence electrons. The van der Waals surface area contributed by atoms with E-state index in [0.717, 1.165) is 18.0 Å². The van der Waals surface area contributed by atoms with E-state index in [1.807, 2.05) is 23.9 Å². The minimum absolute atomic E-state index is 0.614. The number of nitrogens with zero attached hydrogens (tertiary/aromatic N) is 2. The third-order valence-corrected chi connectivity index (χ3v) is 2.84. The summed E-state index contributed by atoms with van der Waals surface area (Å²) in [5.41, 5.74) is 1.08. The van der Waals surface area contributed by atoms with Crippen molar-refractivity contribution in [3.8, 4) is 0 Å². The first-order valence-electron chi connectivity index (χ1n) is 4.74. The van der Waals surface area contributed by atoms with Crippen LogP contribution < -0.4 is 0 Å². The predicted molar refractivity (Wildman–Crippen MR) is 59.1 cm³/mol. The zero-order valence-corrected chi connectivity index (χ0v) is 9.46. The lowest BCUT2D eigenvalue weighted by Gasteiger charge is -2.18. The van der Waals surface area contributed by atoms with Crippen molar-refractivity contribution < 1.29 is 0 Å². The maximum Gasteiger partial charge on any atom is 0.0593 e. The van der Waals surface area contributed by atoms with Crippen LogP contribution in [0.3, 0.4) is 0 Å². The fourth-order valence-electron chi connectivity index (χ4n) is 1.28. The molecule has 1 aromatic rings. The molecule has 0 saturated carbocycles. The summed E-state index contributed by atoms with van der Waals surface area (Å²) in [5.74, 6) is 2.21. The molecule has 1 heterocycles. The van der Waals surface area contributed by atoms with Gasteiger partial charge in [-0.15, -0.1) is 0 Å². The molecule has 0 bridgehead atoms. The molecule has 0 saturated heterocycles. The van der Waals surface area contributed by atoms with Crippen LogP contribution in [0.2, 0.25) is 0 Å². The summed E-state index contributed by atoms with van der Waals surface area (Å²) in [6.45, 7) is 7.46. The molecular formula is C10H18N2S. The molecule has 0 N–H and O–H groups in total. The molecule has 1 atom stereocenters. The van der Waals surface area contributed by atoms with Gasteiger partial charge in [0.1, 0.15) is 0 Å². The van der Waals surface area contributed by atoms with E-state index in [4.69, 9.17) is 0 Å². The van der Waals surface area contributed by atoms with Gasteiger partial charge in [0, 0.05) is 12.7 Å². The van der Waals surface area contributed by atoms with E-state index in [-0.39, 0.29) is 0 Å². The smallest absolute Gasteiger partial charge is 0.0593 e. The molecule has 0 amide bonds. The van der Waals surface area contributed by atoms with Crippen LogP contribution >= 0.6 is 12.6 Å². The van der Waals surface area contributed by atoms with E-state index in [1.54, 1.807) is 0 Å². The standard InChI is InChI=1S/C10H18N2S/c1-8(2)10(7-13)6-12-5-4-9(3)11-12/h4-5,8,10,13H,6-7H2,1-3H3. The van der Waals surface area contributed by atoms with E-state index >= 15 is 0 Å². The van der Waals surface area contributed by atoms with Crippen LogP contribution in [0.5, 0.6) is 0 Å². The Balaban J connectivity index is 2.56. The summed E-state index contributed by atoms with van der Waals surface area (Å²) in [7, 11) is 0. The second-order valence-corrected chi connectivity index (χ2v) is 4.23. The molecular weight excluding hydrogens is 180 g/mol. The van der Waals surface area contributed by atoms with Crippen molar-refractivity contribution in [3.63, 3.8) is 0 Å². The van der Waals surface area contributed by atoms with Crippen LogP contribution in [0.1, 0.15) is 19.5 Å². The van der Waals surface area contributed by atoms with Gasteiger partial charge in [0.05, 0.1) is 5.69 Å². The van der Waals surface area contributed by atoms with Gasteiger partial charge in [-0.25, -0.2) is 0 Å². The van der Waals surface area contributed by atoms with Crippen molar-refractivity contribution in [1.82, 2.24) is 9.78 Å². The lowest BCUT2D eigenvalue weighted by molar-refractivity contribution is 0.355. The zero-order valence-electron chi connectivity index (χ0n) is 8.57. The molecule has 0 aliphatic carbocycles. The molecule has 0 radical (unpaired) electrons. The van der Waals surface area contributed by atoms with Crippen molar-refractivity contribution in [1.29, 1.82) is 0 Å². The first-order chi connectivity index (χ1) is 6.13. The first kappa shape index (κ1) is 10.6. The van der Waals surface area contributed by atoms with Crippen LogP contribution in [0, 0.1) is 18.8 Å². The van der Waals surface area contributed by atoms with Gasteiger partial charge in [-0.2, -0.15) is 17.7 Å². The molecule has 0 fully saturated rings. The summed E-state index contributed by atoms with van der Waals surface area (Å²) in [6, 6.07) is 2.04. The van der Waals surface area contributed by atoms with Gasteiger partial charge in [-0.3, -0.25) is 4.68 Å². The van der Waals surface area contributed by atoms with Gasteiger partial charge in [0.25, 0.3) is 0 Å². The van der Waals surface area contributed by atoms with Gasteiger partial charge >= 0.3 is 0 Å². The molecule has 3 heteroatoms. The van der Waals surface area contributed by atoms with E-state index < -0.39 is 0 Å². The van der Waals surface area contributed by atoms with Crippen molar-refractivity contribution in [3.05, 3.63) is 18.0 Å². The fourth-order valence-corrected chi connectivity index (χ4v) is 1.82. The monoisotopic (exact) mass is 198 g/mol. The number of aryl methyl sites for hydroxylation is 1. The minimum Gasteiger partial charge on any atom is -0.272 e. The van der Waals surface area contributed by atoms with Crippen LogP contribution in [-0.2, 0) is 6.54 Å². The van der Waals surface area contributed by atoms with Crippen LogP contribution in [-0.4, -0.2) is 15.5 Å². The molecule has 0 aliphatic rings. The van der Waals surface area contributed by atoms with E-state index in [9.17, 15) is 0 Å². The van der Waals surface area contributed by atoms with Crippen molar-refractivity contribution in [2.45, 2.75) is 27.3 Å². The SMILES string of the molecule is Cc1ccn(CC(CS)C(C)C)n1. The van der Waals surface area contributed by atoms with Gasteiger partial charge in [-0.05, 0) is 30.6 Å². The second-order valence-electron chi connectivity index (χ2n) is 3.87. The average molecular weight is 198 g/mol. The molecule has 1 aromatic heterocycles. The summed E-state index contributed by atoms with van der Waals surface area (Å²) in [5, 5.41) is 4.36. The average Bonchev–Trinajstić information content (AvgIpc) is 2.46. The fraction of sp³-hybridized carbons (Fsp3) is 0.700. The summed E-state index contributed by atoms with van der Waals surface area (Å²) in [6.07, 6.45) is 2.04. The first-order valence-corrected chi connectivity index (χ1v) is 5.37. The van der Waals surface area contributed by atoms with Crippen LogP contribution in [0.25, 0.3) is 0 Å². The second kappa shape index (κ2) is 4.70. The molecule has 2 nitrogen and oxygen atoms in total. The topological polar surface area (TPSA) is 17.8 Å². The summed E-state index contributed by atoms with van der Waals surface area (Å²) >= 11 is 4.35. The van der Waals surface area contributed by atoms with E-state index in [0.29, 0.717) is 11.8 Å². The highest BCUT2D eigenvalue weighted by molar-refractivity contribution is 7.80. The third-order valence-electron chi connectivity index (χ3n) is 2.37. The maximum atomic E-state index is 4.36. The Morgan fingerprint density at radius 1 is 1.54 bits per heavy atom. The Morgan fingerprint density at radius 3 is 2.62 bits per heavy atom. The summed E-state index contributed by atoms with van der Waals surface area (Å²) < 4.78 is 2.01. The largest absolute Gasteiger partial charge is 0.272 e. The highest BCUT2D eigenvalue weighted by atomic mass is 32.1. The molecule has 0 aromatic carbocycles. The molecule has 0 aliphatic heterocycles. The lowest BCUT2D eigenvalue weighted by atomic mass is 9.98. The number of hydrogen-bond acceptors (Lipinski definition) is 2. The predicted octanol–water partition coefficient (Wildman–Crippen LogP) is 2.39. The van der Waals surface area contributed by atoms with Crippen molar-refractivity contribution in [2.75, 3.05) is 5.75 Å². The number of thiol groups is 1. The number of aromatic nitrogens is 2. The third kappa shape index (κ3) is 3.07. The Labute approximate surface area is 85.7 Å². The lowest BCUT2D eigenvalue weighted by Crippen LogP contribution is -2.18. The molecule has 1 unspecified atom stereocenters. The molecule has 13 heavy (non-hydrogen) atoms. The Bertz CT molecular complexity index is 255. The normalized spacial score (nSPS) is 13.6. The van der Waals surface area contributed by atoms with E-state index in [1.165, 1.54) is 0 Å². The zero-order chi connectivity index (χ0) is 9.84. The van der Waals surface area contributed by atoms with Crippen molar-refractivity contribution in [2.24, 2.45) is 11.8 Å². The van der Waals surface area contributed by atoms with Gasteiger partial charge < -0.3 is 0 Å². The van der Waals surface area contributed by atoms with Crippen molar-refractivity contribution >= 4 is 12.6 Å². The Hall–Kier alpha value is -0.440. The molecule has 1 rings (SSSR count). The van der Waals surface area contributed by atoms with E-state index in [2.05, 4.69) is 31.6 Å². The Morgan fingerprint density at radius 2 is 2.23 bits per heavy atom. The quantitative estimate of drug-likeness (QED) is 0.736. The summed E-state index contributed by atoms with van der Waals surface area (Å²) in [4.78, 5) is 0. The highest BCUT2D eigenvalue weighted by Gasteiger charge is 2.12.